The number of benzene rings is 1. The molecule has 0 bridgehead atoms. The van der Waals surface area contributed by atoms with Crippen molar-refractivity contribution in [3.05, 3.63) is 22.8 Å². The Labute approximate surface area is 143 Å². The van der Waals surface area contributed by atoms with Crippen molar-refractivity contribution in [1.29, 1.82) is 0 Å². The smallest absolute Gasteiger partial charge is 0.220 e. The third-order valence-corrected chi connectivity index (χ3v) is 5.94. The molecular formula is C17H20BrN3O2. The highest BCUT2D eigenvalue weighted by atomic mass is 79.9. The van der Waals surface area contributed by atoms with Crippen LogP contribution in [0.1, 0.15) is 44.6 Å². The summed E-state index contributed by atoms with van der Waals surface area (Å²) in [7, 11) is 1.67. The molecule has 6 heteroatoms. The molecule has 1 N–H and O–H groups in total. The van der Waals surface area contributed by atoms with E-state index < -0.39 is 0 Å². The van der Waals surface area contributed by atoms with Gasteiger partial charge < -0.3 is 10.1 Å². The first kappa shape index (κ1) is 15.0. The number of halogens is 1. The predicted molar refractivity (Wildman–Crippen MR) is 91.6 cm³/mol. The fourth-order valence-corrected chi connectivity index (χ4v) is 4.48. The van der Waals surface area contributed by atoms with Crippen molar-refractivity contribution >= 4 is 32.7 Å². The second kappa shape index (κ2) is 5.51. The summed E-state index contributed by atoms with van der Waals surface area (Å²) in [6.45, 7) is 0. The van der Waals surface area contributed by atoms with Crippen LogP contribution in [0.4, 0.5) is 0 Å². The summed E-state index contributed by atoms with van der Waals surface area (Å²) in [5, 5.41) is 9.06. The first-order valence-electron chi connectivity index (χ1n) is 8.12. The first-order valence-corrected chi connectivity index (χ1v) is 8.91. The molecule has 1 spiro atoms. The summed E-state index contributed by atoms with van der Waals surface area (Å²) in [6, 6.07) is 4.44. The Morgan fingerprint density at radius 1 is 1.35 bits per heavy atom. The fourth-order valence-electron chi connectivity index (χ4n) is 3.96. The number of ether oxygens (including phenoxy) is 1. The van der Waals surface area contributed by atoms with Gasteiger partial charge in [-0.05, 0) is 54.1 Å². The van der Waals surface area contributed by atoms with E-state index in [1.54, 1.807) is 7.11 Å². The van der Waals surface area contributed by atoms with E-state index in [-0.39, 0.29) is 11.4 Å². The molecule has 2 aromatic rings. The van der Waals surface area contributed by atoms with E-state index >= 15 is 0 Å². The van der Waals surface area contributed by atoms with Crippen LogP contribution in [-0.4, -0.2) is 28.3 Å². The number of carbonyl (C=O) groups excluding carboxylic acids is 1. The maximum Gasteiger partial charge on any atom is 0.220 e. The highest BCUT2D eigenvalue weighted by molar-refractivity contribution is 9.10. The Hall–Kier alpha value is -1.56. The van der Waals surface area contributed by atoms with E-state index in [4.69, 9.17) is 9.84 Å². The topological polar surface area (TPSA) is 56.2 Å². The fraction of sp³-hybridized carbons (Fsp3) is 0.529. The summed E-state index contributed by atoms with van der Waals surface area (Å²) >= 11 is 3.53. The molecule has 2 heterocycles. The lowest BCUT2D eigenvalue weighted by Crippen LogP contribution is -2.44. The zero-order valence-electron chi connectivity index (χ0n) is 13.1. The number of nitrogens with one attached hydrogen (secondary N) is 1. The Kier molecular flexibility index (Phi) is 3.59. The molecule has 2 fully saturated rings. The molecule has 1 aliphatic heterocycles. The minimum Gasteiger partial charge on any atom is -0.495 e. The van der Waals surface area contributed by atoms with Crippen molar-refractivity contribution in [2.45, 2.75) is 50.1 Å². The number of methoxy groups -OCH3 is 1. The van der Waals surface area contributed by atoms with Crippen molar-refractivity contribution < 1.29 is 9.53 Å². The first-order chi connectivity index (χ1) is 11.1. The Morgan fingerprint density at radius 2 is 2.13 bits per heavy atom. The molecule has 122 valence electrons. The van der Waals surface area contributed by atoms with Gasteiger partial charge in [0.2, 0.25) is 5.91 Å². The summed E-state index contributed by atoms with van der Waals surface area (Å²) in [5.74, 6) is 1.02. The van der Waals surface area contributed by atoms with E-state index in [9.17, 15) is 4.79 Å². The number of carbonyl (C=O) groups is 1. The third-order valence-electron chi connectivity index (χ3n) is 5.32. The third kappa shape index (κ3) is 2.63. The van der Waals surface area contributed by atoms with Crippen LogP contribution in [0.25, 0.3) is 10.9 Å². The minimum absolute atomic E-state index is 0.0619. The van der Waals surface area contributed by atoms with E-state index in [0.29, 0.717) is 12.5 Å². The molecule has 1 amide bonds. The number of hydrogen-bond donors (Lipinski definition) is 1. The van der Waals surface area contributed by atoms with Crippen LogP contribution >= 0.6 is 15.9 Å². The van der Waals surface area contributed by atoms with Crippen molar-refractivity contribution in [3.63, 3.8) is 0 Å². The standard InChI is InChI=1S/C17H20BrN3O2/c1-23-15-9-14-11(8-13(15)18)10-21(20-14)12-2-5-17(6-3-12)7-4-16(22)19-17/h8-10,12H,2-7H2,1H3,(H,19,22). The van der Waals surface area contributed by atoms with E-state index in [2.05, 4.69) is 38.2 Å². The second-order valence-corrected chi connectivity index (χ2v) is 7.57. The van der Waals surface area contributed by atoms with Crippen LogP contribution < -0.4 is 10.1 Å². The second-order valence-electron chi connectivity index (χ2n) is 6.71. The number of nitrogens with zero attached hydrogens (tertiary/aromatic N) is 2. The van der Waals surface area contributed by atoms with Gasteiger partial charge in [-0.15, -0.1) is 0 Å². The summed E-state index contributed by atoms with van der Waals surface area (Å²) in [6.07, 6.45) is 8.02. The molecule has 1 aliphatic carbocycles. The van der Waals surface area contributed by atoms with Gasteiger partial charge in [-0.2, -0.15) is 5.10 Å². The van der Waals surface area contributed by atoms with Crippen LogP contribution in [0.5, 0.6) is 5.75 Å². The van der Waals surface area contributed by atoms with Gasteiger partial charge in [0.25, 0.3) is 0 Å². The number of rotatable bonds is 2. The maximum absolute atomic E-state index is 11.5. The molecule has 4 rings (SSSR count). The molecule has 1 aromatic carbocycles. The van der Waals surface area contributed by atoms with Crippen LogP contribution in [0, 0.1) is 0 Å². The normalized spacial score (nSPS) is 27.6. The van der Waals surface area contributed by atoms with Crippen LogP contribution in [0.3, 0.4) is 0 Å². The van der Waals surface area contributed by atoms with Gasteiger partial charge in [0, 0.05) is 29.6 Å². The van der Waals surface area contributed by atoms with Gasteiger partial charge >= 0.3 is 0 Å². The monoisotopic (exact) mass is 377 g/mol. The molecule has 0 unspecified atom stereocenters. The van der Waals surface area contributed by atoms with Crippen molar-refractivity contribution in [3.8, 4) is 5.75 Å². The number of hydrogen-bond acceptors (Lipinski definition) is 3. The van der Waals surface area contributed by atoms with Gasteiger partial charge in [-0.3, -0.25) is 9.48 Å². The van der Waals surface area contributed by atoms with Crippen molar-refractivity contribution in [2.75, 3.05) is 7.11 Å². The SMILES string of the molecule is COc1cc2nn(C3CCC4(CCC(=O)N4)CC3)cc2cc1Br. The molecule has 5 nitrogen and oxygen atoms in total. The molecule has 2 aliphatic rings. The summed E-state index contributed by atoms with van der Waals surface area (Å²) in [5.41, 5.74) is 1.02. The van der Waals surface area contributed by atoms with Crippen LogP contribution in [-0.2, 0) is 4.79 Å². The van der Waals surface area contributed by atoms with Crippen LogP contribution in [0.15, 0.2) is 22.8 Å². The van der Waals surface area contributed by atoms with E-state index in [1.165, 1.54) is 0 Å². The molecule has 1 saturated carbocycles. The minimum atomic E-state index is 0.0619. The van der Waals surface area contributed by atoms with Gasteiger partial charge in [0.1, 0.15) is 5.75 Å². The Morgan fingerprint density at radius 3 is 2.78 bits per heavy atom. The lowest BCUT2D eigenvalue weighted by atomic mass is 9.78. The molecule has 1 aromatic heterocycles. The highest BCUT2D eigenvalue weighted by Crippen LogP contribution is 2.40. The van der Waals surface area contributed by atoms with Crippen molar-refractivity contribution in [2.24, 2.45) is 0 Å². The molecule has 0 atom stereocenters. The zero-order valence-corrected chi connectivity index (χ0v) is 14.7. The lowest BCUT2D eigenvalue weighted by Gasteiger charge is -2.37. The predicted octanol–water partition coefficient (Wildman–Crippen LogP) is 3.57. The maximum atomic E-state index is 11.5. The molecule has 0 radical (unpaired) electrons. The van der Waals surface area contributed by atoms with E-state index in [0.717, 1.165) is 53.2 Å². The lowest BCUT2D eigenvalue weighted by molar-refractivity contribution is -0.120. The number of fused-ring (bicyclic) bond motifs is 1. The summed E-state index contributed by atoms with van der Waals surface area (Å²) < 4.78 is 8.39. The highest BCUT2D eigenvalue weighted by Gasteiger charge is 2.41. The van der Waals surface area contributed by atoms with Gasteiger partial charge in [0.05, 0.1) is 23.1 Å². The van der Waals surface area contributed by atoms with Gasteiger partial charge in [-0.1, -0.05) is 0 Å². The average Bonchev–Trinajstić information content (AvgIpc) is 3.11. The zero-order chi connectivity index (χ0) is 16.0. The van der Waals surface area contributed by atoms with E-state index in [1.807, 2.05) is 6.07 Å². The Balaban J connectivity index is 1.55. The van der Waals surface area contributed by atoms with Crippen molar-refractivity contribution in [1.82, 2.24) is 15.1 Å². The number of aromatic nitrogens is 2. The molecule has 1 saturated heterocycles. The van der Waals surface area contributed by atoms with Crippen LogP contribution in [0.2, 0.25) is 0 Å². The van der Waals surface area contributed by atoms with Gasteiger partial charge in [0.15, 0.2) is 0 Å². The van der Waals surface area contributed by atoms with Gasteiger partial charge in [-0.25, -0.2) is 0 Å². The quantitative estimate of drug-likeness (QED) is 0.869. The number of amides is 1. The average molecular weight is 378 g/mol. The summed E-state index contributed by atoms with van der Waals surface area (Å²) in [4.78, 5) is 11.5. The Bertz CT molecular complexity index is 763. The molecule has 23 heavy (non-hydrogen) atoms. The largest absolute Gasteiger partial charge is 0.495 e. The molecular weight excluding hydrogens is 358 g/mol.